The number of methoxy groups -OCH3 is 1. The molecule has 7 nitrogen and oxygen atoms in total. The van der Waals surface area contributed by atoms with Crippen LogP contribution in [0, 0.1) is 5.92 Å². The Morgan fingerprint density at radius 2 is 1.53 bits per heavy atom. The zero-order valence-electron chi connectivity index (χ0n) is 19.6. The van der Waals surface area contributed by atoms with Crippen molar-refractivity contribution in [3.05, 3.63) is 83.9 Å². The SMILES string of the molecule is COC(=O)[C@H](Cc1cccc2ccccc12)NC(=O)[C@H](NC(=O)OCc1ccccc1)C(C)C. The van der Waals surface area contributed by atoms with Crippen molar-refractivity contribution in [1.82, 2.24) is 10.6 Å². The number of nitrogens with one attached hydrogen (secondary N) is 2. The standard InChI is InChI=1S/C27H30N2O5/c1-18(2)24(29-27(32)34-17-19-10-5-4-6-11-19)25(30)28-23(26(31)33-3)16-21-14-9-13-20-12-7-8-15-22(20)21/h4-15,18,23-24H,16-17H2,1-3H3,(H,28,30)(H,29,32)/t23-,24+/m0/s1. The Hall–Kier alpha value is -3.87. The number of rotatable bonds is 9. The highest BCUT2D eigenvalue weighted by Crippen LogP contribution is 2.20. The van der Waals surface area contributed by atoms with Crippen LogP contribution in [0.3, 0.4) is 0 Å². The van der Waals surface area contributed by atoms with E-state index in [0.717, 1.165) is 21.9 Å². The molecule has 0 aliphatic carbocycles. The highest BCUT2D eigenvalue weighted by molar-refractivity contribution is 5.91. The molecule has 2 N–H and O–H groups in total. The van der Waals surface area contributed by atoms with E-state index in [1.54, 1.807) is 13.8 Å². The van der Waals surface area contributed by atoms with E-state index < -0.39 is 30.1 Å². The van der Waals surface area contributed by atoms with E-state index in [1.807, 2.05) is 72.8 Å². The van der Waals surface area contributed by atoms with Crippen LogP contribution in [0.4, 0.5) is 4.79 Å². The fourth-order valence-corrected chi connectivity index (χ4v) is 3.71. The third kappa shape index (κ3) is 6.57. The summed E-state index contributed by atoms with van der Waals surface area (Å²) in [5, 5.41) is 7.41. The summed E-state index contributed by atoms with van der Waals surface area (Å²) >= 11 is 0. The monoisotopic (exact) mass is 462 g/mol. The summed E-state index contributed by atoms with van der Waals surface area (Å²) in [6.45, 7) is 3.70. The van der Waals surface area contributed by atoms with Gasteiger partial charge in [-0.2, -0.15) is 0 Å². The lowest BCUT2D eigenvalue weighted by Gasteiger charge is -2.24. The Morgan fingerprint density at radius 3 is 2.24 bits per heavy atom. The lowest BCUT2D eigenvalue weighted by Crippen LogP contribution is -2.54. The molecular weight excluding hydrogens is 432 g/mol. The number of alkyl carbamates (subject to hydrolysis) is 1. The molecule has 0 saturated heterocycles. The summed E-state index contributed by atoms with van der Waals surface area (Å²) in [5.74, 6) is -1.28. The highest BCUT2D eigenvalue weighted by Gasteiger charge is 2.30. The van der Waals surface area contributed by atoms with Crippen molar-refractivity contribution in [3.63, 3.8) is 0 Å². The van der Waals surface area contributed by atoms with Crippen molar-refractivity contribution in [2.45, 2.75) is 39.0 Å². The zero-order chi connectivity index (χ0) is 24.5. The minimum atomic E-state index is -0.910. The van der Waals surface area contributed by atoms with Crippen LogP contribution >= 0.6 is 0 Å². The van der Waals surface area contributed by atoms with Crippen molar-refractivity contribution >= 4 is 28.7 Å². The topological polar surface area (TPSA) is 93.7 Å². The fraction of sp³-hybridized carbons (Fsp3) is 0.296. The third-order valence-corrected chi connectivity index (χ3v) is 5.54. The summed E-state index contributed by atoms with van der Waals surface area (Å²) in [6, 6.07) is 21.1. The first-order valence-electron chi connectivity index (χ1n) is 11.2. The Labute approximate surface area is 199 Å². The molecule has 34 heavy (non-hydrogen) atoms. The van der Waals surface area contributed by atoms with Gasteiger partial charge in [0.05, 0.1) is 7.11 Å². The number of benzene rings is 3. The normalized spacial score (nSPS) is 12.6. The lowest BCUT2D eigenvalue weighted by molar-refractivity contribution is -0.145. The molecule has 2 amide bonds. The second-order valence-electron chi connectivity index (χ2n) is 8.35. The fourth-order valence-electron chi connectivity index (χ4n) is 3.71. The summed E-state index contributed by atoms with van der Waals surface area (Å²) in [7, 11) is 1.28. The molecule has 0 saturated carbocycles. The smallest absolute Gasteiger partial charge is 0.408 e. The van der Waals surface area contributed by atoms with Gasteiger partial charge in [0.2, 0.25) is 5.91 Å². The minimum absolute atomic E-state index is 0.0883. The maximum Gasteiger partial charge on any atom is 0.408 e. The maximum absolute atomic E-state index is 13.1. The highest BCUT2D eigenvalue weighted by atomic mass is 16.5. The Bertz CT molecular complexity index is 1120. The van der Waals surface area contributed by atoms with Crippen LogP contribution in [0.5, 0.6) is 0 Å². The van der Waals surface area contributed by atoms with Crippen LogP contribution in [0.1, 0.15) is 25.0 Å². The van der Waals surface area contributed by atoms with Crippen LogP contribution in [0.25, 0.3) is 10.8 Å². The molecule has 3 aromatic carbocycles. The maximum atomic E-state index is 13.1. The van der Waals surface area contributed by atoms with Gasteiger partial charge in [-0.3, -0.25) is 4.79 Å². The van der Waals surface area contributed by atoms with E-state index in [2.05, 4.69) is 10.6 Å². The number of fused-ring (bicyclic) bond motifs is 1. The molecule has 3 aromatic rings. The van der Waals surface area contributed by atoms with E-state index in [1.165, 1.54) is 7.11 Å². The van der Waals surface area contributed by atoms with Crippen molar-refractivity contribution in [3.8, 4) is 0 Å². The molecule has 178 valence electrons. The van der Waals surface area contributed by atoms with Crippen LogP contribution in [0.2, 0.25) is 0 Å². The molecule has 0 aliphatic rings. The van der Waals surface area contributed by atoms with E-state index in [4.69, 9.17) is 9.47 Å². The average Bonchev–Trinajstić information content (AvgIpc) is 2.85. The first-order chi connectivity index (χ1) is 16.4. The Morgan fingerprint density at radius 1 is 0.853 bits per heavy atom. The quantitative estimate of drug-likeness (QED) is 0.469. The van der Waals surface area contributed by atoms with Gasteiger partial charge in [0.25, 0.3) is 0 Å². The van der Waals surface area contributed by atoms with Gasteiger partial charge in [-0.05, 0) is 27.8 Å². The van der Waals surface area contributed by atoms with Gasteiger partial charge in [-0.15, -0.1) is 0 Å². The molecule has 0 unspecified atom stereocenters. The molecule has 0 heterocycles. The van der Waals surface area contributed by atoms with Gasteiger partial charge >= 0.3 is 12.1 Å². The van der Waals surface area contributed by atoms with Crippen LogP contribution in [0.15, 0.2) is 72.8 Å². The van der Waals surface area contributed by atoms with Gasteiger partial charge in [0.15, 0.2) is 0 Å². The largest absolute Gasteiger partial charge is 0.467 e. The predicted molar refractivity (Wildman–Crippen MR) is 130 cm³/mol. The second kappa shape index (κ2) is 11.8. The average molecular weight is 463 g/mol. The summed E-state index contributed by atoms with van der Waals surface area (Å²) in [5.41, 5.74) is 1.74. The minimum Gasteiger partial charge on any atom is -0.467 e. The molecule has 0 aromatic heterocycles. The van der Waals surface area contributed by atoms with Gasteiger partial charge in [0, 0.05) is 6.42 Å². The summed E-state index contributed by atoms with van der Waals surface area (Å²) in [4.78, 5) is 37.9. The van der Waals surface area contributed by atoms with E-state index >= 15 is 0 Å². The molecule has 0 spiro atoms. The van der Waals surface area contributed by atoms with Crippen molar-refractivity contribution in [2.75, 3.05) is 7.11 Å². The van der Waals surface area contributed by atoms with E-state index in [0.29, 0.717) is 0 Å². The molecular formula is C27H30N2O5. The summed E-state index contributed by atoms with van der Waals surface area (Å²) < 4.78 is 10.2. The zero-order valence-corrected chi connectivity index (χ0v) is 19.6. The molecule has 2 atom stereocenters. The Kier molecular flexibility index (Phi) is 8.62. The number of carbonyl (C=O) groups is 3. The van der Waals surface area contributed by atoms with Gasteiger partial charge in [-0.1, -0.05) is 86.6 Å². The van der Waals surface area contributed by atoms with Gasteiger partial charge in [0.1, 0.15) is 18.7 Å². The molecule has 3 rings (SSSR count). The number of carbonyl (C=O) groups excluding carboxylic acids is 3. The molecule has 0 radical (unpaired) electrons. The van der Waals surface area contributed by atoms with E-state index in [9.17, 15) is 14.4 Å². The van der Waals surface area contributed by atoms with Gasteiger partial charge in [-0.25, -0.2) is 9.59 Å². The van der Waals surface area contributed by atoms with Crippen LogP contribution < -0.4 is 10.6 Å². The predicted octanol–water partition coefficient (Wildman–Crippen LogP) is 3.99. The number of hydrogen-bond acceptors (Lipinski definition) is 5. The number of amides is 2. The van der Waals surface area contributed by atoms with Crippen molar-refractivity contribution in [1.29, 1.82) is 0 Å². The third-order valence-electron chi connectivity index (χ3n) is 5.54. The van der Waals surface area contributed by atoms with Crippen molar-refractivity contribution in [2.24, 2.45) is 5.92 Å². The molecule has 7 heteroatoms. The molecule has 0 aliphatic heterocycles. The molecule has 0 bridgehead atoms. The van der Waals surface area contributed by atoms with Crippen LogP contribution in [-0.4, -0.2) is 37.2 Å². The number of esters is 1. The van der Waals surface area contributed by atoms with Crippen molar-refractivity contribution < 1.29 is 23.9 Å². The first kappa shape index (κ1) is 24.8. The number of ether oxygens (including phenoxy) is 2. The summed E-state index contributed by atoms with van der Waals surface area (Å²) in [6.07, 6.45) is -0.454. The first-order valence-corrected chi connectivity index (χ1v) is 11.2. The Balaban J connectivity index is 1.69. The molecule has 0 fully saturated rings. The second-order valence-corrected chi connectivity index (χ2v) is 8.35. The van der Waals surface area contributed by atoms with Crippen LogP contribution in [-0.2, 0) is 32.1 Å². The number of hydrogen-bond donors (Lipinski definition) is 2. The van der Waals surface area contributed by atoms with Gasteiger partial charge < -0.3 is 20.1 Å². The van der Waals surface area contributed by atoms with E-state index in [-0.39, 0.29) is 18.9 Å². The lowest BCUT2D eigenvalue weighted by atomic mass is 9.98.